The zero-order valence-electron chi connectivity index (χ0n) is 12.3. The first kappa shape index (κ1) is 15.9. The van der Waals surface area contributed by atoms with Crippen LogP contribution in [0, 0.1) is 5.41 Å². The molecule has 0 aromatic carbocycles. The molecule has 0 radical (unpaired) electrons. The Morgan fingerprint density at radius 2 is 2.00 bits per heavy atom. The molecule has 0 aliphatic heterocycles. The Morgan fingerprint density at radius 3 is 2.61 bits per heavy atom. The quantitative estimate of drug-likeness (QED) is 0.608. The first-order valence-corrected chi connectivity index (χ1v) is 7.04. The largest absolute Gasteiger partial charge is 0.382 e. The van der Waals surface area contributed by atoms with Crippen molar-refractivity contribution in [3.05, 3.63) is 0 Å². The lowest BCUT2D eigenvalue weighted by Crippen LogP contribution is -2.61. The molecule has 0 bridgehead atoms. The minimum absolute atomic E-state index is 0.297. The normalized spacial score (nSPS) is 31.3. The van der Waals surface area contributed by atoms with Gasteiger partial charge in [-0.25, -0.2) is 0 Å². The summed E-state index contributed by atoms with van der Waals surface area (Å²) in [6.07, 6.45) is 3.65. The van der Waals surface area contributed by atoms with E-state index in [1.165, 1.54) is 0 Å². The predicted octanol–water partition coefficient (Wildman–Crippen LogP) is 1.83. The molecule has 18 heavy (non-hydrogen) atoms. The first-order chi connectivity index (χ1) is 8.69. The molecular formula is C14H29NO3. The SMILES string of the molecule is CCC1(C)C(NC)CC1OCCCOCCOC. The van der Waals surface area contributed by atoms with E-state index >= 15 is 0 Å². The van der Waals surface area contributed by atoms with Crippen molar-refractivity contribution in [3.63, 3.8) is 0 Å². The highest BCUT2D eigenvalue weighted by Crippen LogP contribution is 2.45. The second kappa shape index (κ2) is 8.10. The topological polar surface area (TPSA) is 39.7 Å². The number of rotatable bonds is 10. The molecule has 1 N–H and O–H groups in total. The lowest BCUT2D eigenvalue weighted by Gasteiger charge is -2.53. The standard InChI is InChI=1S/C14H29NO3/c1-5-14(2)12(15-3)11-13(14)18-8-6-7-17-10-9-16-4/h12-13,15H,5-11H2,1-4H3. The lowest BCUT2D eigenvalue weighted by molar-refractivity contribution is -0.129. The summed E-state index contributed by atoms with van der Waals surface area (Å²) in [5, 5.41) is 3.38. The van der Waals surface area contributed by atoms with Crippen LogP contribution in [0.5, 0.6) is 0 Å². The highest BCUT2D eigenvalue weighted by molar-refractivity contribution is 5.04. The van der Waals surface area contributed by atoms with Crippen molar-refractivity contribution in [2.24, 2.45) is 5.41 Å². The van der Waals surface area contributed by atoms with E-state index in [4.69, 9.17) is 14.2 Å². The van der Waals surface area contributed by atoms with Crippen LogP contribution in [0.4, 0.5) is 0 Å². The van der Waals surface area contributed by atoms with Crippen molar-refractivity contribution in [1.29, 1.82) is 0 Å². The maximum absolute atomic E-state index is 5.97. The predicted molar refractivity (Wildman–Crippen MR) is 72.9 cm³/mol. The zero-order chi connectivity index (χ0) is 13.4. The first-order valence-electron chi connectivity index (χ1n) is 7.04. The third-order valence-electron chi connectivity index (χ3n) is 4.28. The molecule has 4 heteroatoms. The fraction of sp³-hybridized carbons (Fsp3) is 1.00. The van der Waals surface area contributed by atoms with Gasteiger partial charge in [0.05, 0.1) is 19.3 Å². The minimum Gasteiger partial charge on any atom is -0.382 e. The van der Waals surface area contributed by atoms with Gasteiger partial charge in [-0.15, -0.1) is 0 Å². The van der Waals surface area contributed by atoms with E-state index < -0.39 is 0 Å². The van der Waals surface area contributed by atoms with Gasteiger partial charge < -0.3 is 19.5 Å². The van der Waals surface area contributed by atoms with Crippen molar-refractivity contribution in [2.75, 3.05) is 40.6 Å². The molecule has 3 atom stereocenters. The summed E-state index contributed by atoms with van der Waals surface area (Å²) < 4.78 is 16.3. The van der Waals surface area contributed by atoms with Crippen molar-refractivity contribution < 1.29 is 14.2 Å². The molecule has 0 aromatic rings. The van der Waals surface area contributed by atoms with Crippen LogP contribution in [-0.4, -0.2) is 52.7 Å². The number of hydrogen-bond acceptors (Lipinski definition) is 4. The van der Waals surface area contributed by atoms with Crippen LogP contribution >= 0.6 is 0 Å². The maximum atomic E-state index is 5.97. The molecule has 1 aliphatic rings. The summed E-state index contributed by atoms with van der Waals surface area (Å²) in [5.74, 6) is 0. The summed E-state index contributed by atoms with van der Waals surface area (Å²) in [6.45, 7) is 7.46. The molecule has 3 unspecified atom stereocenters. The third kappa shape index (κ3) is 3.92. The van der Waals surface area contributed by atoms with Gasteiger partial charge in [-0.2, -0.15) is 0 Å². The van der Waals surface area contributed by atoms with Crippen molar-refractivity contribution in [1.82, 2.24) is 5.32 Å². The van der Waals surface area contributed by atoms with Gasteiger partial charge in [0.2, 0.25) is 0 Å². The van der Waals surface area contributed by atoms with E-state index in [9.17, 15) is 0 Å². The van der Waals surface area contributed by atoms with Gasteiger partial charge >= 0.3 is 0 Å². The zero-order valence-corrected chi connectivity index (χ0v) is 12.3. The van der Waals surface area contributed by atoms with Crippen molar-refractivity contribution in [2.45, 2.75) is 45.3 Å². The van der Waals surface area contributed by atoms with Gasteiger partial charge in [0.25, 0.3) is 0 Å². The van der Waals surface area contributed by atoms with Gasteiger partial charge in [-0.05, 0) is 26.3 Å². The Labute approximate surface area is 111 Å². The van der Waals surface area contributed by atoms with Crippen LogP contribution in [0.2, 0.25) is 0 Å². The van der Waals surface area contributed by atoms with Gasteiger partial charge in [0.15, 0.2) is 0 Å². The molecule has 4 nitrogen and oxygen atoms in total. The Balaban J connectivity index is 2.06. The Bertz CT molecular complexity index is 225. The molecular weight excluding hydrogens is 230 g/mol. The second-order valence-electron chi connectivity index (χ2n) is 5.25. The van der Waals surface area contributed by atoms with E-state index in [1.807, 2.05) is 7.05 Å². The average molecular weight is 259 g/mol. The summed E-state index contributed by atoms with van der Waals surface area (Å²) in [5.41, 5.74) is 0.297. The lowest BCUT2D eigenvalue weighted by atomic mass is 9.61. The fourth-order valence-corrected chi connectivity index (χ4v) is 2.63. The van der Waals surface area contributed by atoms with Crippen LogP contribution in [0.1, 0.15) is 33.1 Å². The fourth-order valence-electron chi connectivity index (χ4n) is 2.63. The van der Waals surface area contributed by atoms with Crippen molar-refractivity contribution in [3.8, 4) is 0 Å². The van der Waals surface area contributed by atoms with E-state index in [0.29, 0.717) is 30.8 Å². The molecule has 1 rings (SSSR count). The van der Waals surface area contributed by atoms with Gasteiger partial charge in [0.1, 0.15) is 0 Å². The van der Waals surface area contributed by atoms with Gasteiger partial charge in [-0.1, -0.05) is 13.8 Å². The maximum Gasteiger partial charge on any atom is 0.0700 e. The third-order valence-corrected chi connectivity index (χ3v) is 4.28. The number of methoxy groups -OCH3 is 1. The Morgan fingerprint density at radius 1 is 1.22 bits per heavy atom. The monoisotopic (exact) mass is 259 g/mol. The summed E-state index contributed by atoms with van der Waals surface area (Å²) >= 11 is 0. The van der Waals surface area contributed by atoms with E-state index in [1.54, 1.807) is 7.11 Å². The number of hydrogen-bond donors (Lipinski definition) is 1. The smallest absolute Gasteiger partial charge is 0.0700 e. The average Bonchev–Trinajstić information content (AvgIpc) is 2.39. The van der Waals surface area contributed by atoms with E-state index in [2.05, 4.69) is 19.2 Å². The Kier molecular flexibility index (Phi) is 7.15. The molecule has 1 fully saturated rings. The molecule has 0 aromatic heterocycles. The summed E-state index contributed by atoms with van der Waals surface area (Å²) in [6, 6.07) is 0.602. The summed E-state index contributed by atoms with van der Waals surface area (Å²) in [7, 11) is 3.73. The molecule has 0 amide bonds. The second-order valence-corrected chi connectivity index (χ2v) is 5.25. The molecule has 1 aliphatic carbocycles. The molecule has 0 saturated heterocycles. The highest BCUT2D eigenvalue weighted by Gasteiger charge is 2.50. The number of ether oxygens (including phenoxy) is 3. The Hall–Kier alpha value is -0.160. The number of nitrogens with one attached hydrogen (secondary N) is 1. The van der Waals surface area contributed by atoms with Crippen LogP contribution in [0.15, 0.2) is 0 Å². The van der Waals surface area contributed by atoms with Crippen LogP contribution < -0.4 is 5.32 Å². The molecule has 108 valence electrons. The van der Waals surface area contributed by atoms with Crippen LogP contribution in [-0.2, 0) is 14.2 Å². The van der Waals surface area contributed by atoms with Crippen LogP contribution in [0.3, 0.4) is 0 Å². The summed E-state index contributed by atoms with van der Waals surface area (Å²) in [4.78, 5) is 0. The minimum atomic E-state index is 0.297. The van der Waals surface area contributed by atoms with Gasteiger partial charge in [0, 0.05) is 31.8 Å². The van der Waals surface area contributed by atoms with E-state index in [0.717, 1.165) is 32.5 Å². The van der Waals surface area contributed by atoms with Crippen LogP contribution in [0.25, 0.3) is 0 Å². The molecule has 0 spiro atoms. The highest BCUT2D eigenvalue weighted by atomic mass is 16.5. The van der Waals surface area contributed by atoms with Crippen molar-refractivity contribution >= 4 is 0 Å². The van der Waals surface area contributed by atoms with E-state index in [-0.39, 0.29) is 0 Å². The molecule has 0 heterocycles. The van der Waals surface area contributed by atoms with Gasteiger partial charge in [-0.3, -0.25) is 0 Å². The molecule has 1 saturated carbocycles.